The fourth-order valence-electron chi connectivity index (χ4n) is 2.69. The average Bonchev–Trinajstić information content (AvgIpc) is 3.15. The van der Waals surface area contributed by atoms with Crippen LogP contribution in [-0.4, -0.2) is 31.3 Å². The SMILES string of the molecule is CN(Cc1nc2ccsc2c(=O)[nH]1)Cc1cnc2ccccn12. The zero-order valence-electron chi connectivity index (χ0n) is 12.6. The minimum Gasteiger partial charge on any atom is -0.308 e. The van der Waals surface area contributed by atoms with E-state index >= 15 is 0 Å². The summed E-state index contributed by atoms with van der Waals surface area (Å²) in [5.74, 6) is 0.678. The fourth-order valence-corrected chi connectivity index (χ4v) is 3.41. The molecule has 4 heterocycles. The lowest BCUT2D eigenvalue weighted by Gasteiger charge is -2.15. The molecule has 0 unspecified atom stereocenters. The van der Waals surface area contributed by atoms with Gasteiger partial charge in [-0.3, -0.25) is 9.69 Å². The van der Waals surface area contributed by atoms with Crippen LogP contribution in [0, 0.1) is 0 Å². The second kappa shape index (κ2) is 5.60. The first-order valence-corrected chi connectivity index (χ1v) is 8.14. The summed E-state index contributed by atoms with van der Waals surface area (Å²) in [5, 5.41) is 1.89. The van der Waals surface area contributed by atoms with Gasteiger partial charge in [0.15, 0.2) is 0 Å². The minimum atomic E-state index is -0.0665. The van der Waals surface area contributed by atoms with Gasteiger partial charge in [0.05, 0.1) is 24.0 Å². The Morgan fingerprint density at radius 3 is 3.13 bits per heavy atom. The second-order valence-electron chi connectivity index (χ2n) is 5.50. The molecule has 0 aromatic carbocycles. The molecule has 4 aromatic heterocycles. The van der Waals surface area contributed by atoms with Gasteiger partial charge in [-0.1, -0.05) is 6.07 Å². The van der Waals surface area contributed by atoms with Gasteiger partial charge in [-0.15, -0.1) is 11.3 Å². The molecule has 4 aromatic rings. The van der Waals surface area contributed by atoms with Gasteiger partial charge in [-0.25, -0.2) is 9.97 Å². The molecule has 116 valence electrons. The molecule has 0 radical (unpaired) electrons. The molecule has 0 aliphatic rings. The first-order valence-electron chi connectivity index (χ1n) is 7.26. The Hall–Kier alpha value is -2.51. The molecule has 0 atom stereocenters. The van der Waals surface area contributed by atoms with Crippen LogP contribution < -0.4 is 5.56 Å². The normalized spacial score (nSPS) is 11.7. The number of nitrogens with zero attached hydrogens (tertiary/aromatic N) is 4. The molecule has 0 aliphatic carbocycles. The Morgan fingerprint density at radius 2 is 2.22 bits per heavy atom. The number of hydrogen-bond donors (Lipinski definition) is 1. The zero-order chi connectivity index (χ0) is 15.8. The molecule has 0 saturated heterocycles. The highest BCUT2D eigenvalue weighted by atomic mass is 32.1. The lowest BCUT2D eigenvalue weighted by molar-refractivity contribution is 0.306. The number of fused-ring (bicyclic) bond motifs is 2. The van der Waals surface area contributed by atoms with Crippen LogP contribution in [0.2, 0.25) is 0 Å². The van der Waals surface area contributed by atoms with E-state index in [1.165, 1.54) is 11.3 Å². The van der Waals surface area contributed by atoms with E-state index in [0.29, 0.717) is 17.1 Å². The Labute approximate surface area is 136 Å². The van der Waals surface area contributed by atoms with E-state index < -0.39 is 0 Å². The van der Waals surface area contributed by atoms with E-state index in [1.54, 1.807) is 0 Å². The highest BCUT2D eigenvalue weighted by molar-refractivity contribution is 7.17. The molecule has 6 nitrogen and oxygen atoms in total. The molecular formula is C16H15N5OS. The van der Waals surface area contributed by atoms with Crippen LogP contribution in [0.3, 0.4) is 0 Å². The molecule has 1 N–H and O–H groups in total. The molecular weight excluding hydrogens is 310 g/mol. The lowest BCUT2D eigenvalue weighted by atomic mass is 10.4. The number of pyridine rings is 1. The topological polar surface area (TPSA) is 66.3 Å². The maximum Gasteiger partial charge on any atom is 0.268 e. The fraction of sp³-hybridized carbons (Fsp3) is 0.188. The molecule has 4 rings (SSSR count). The van der Waals surface area contributed by atoms with Crippen molar-refractivity contribution >= 4 is 27.2 Å². The van der Waals surface area contributed by atoms with Crippen LogP contribution in [0.1, 0.15) is 11.5 Å². The van der Waals surface area contributed by atoms with E-state index in [9.17, 15) is 4.79 Å². The number of aromatic nitrogens is 4. The van der Waals surface area contributed by atoms with Crippen molar-refractivity contribution in [3.63, 3.8) is 0 Å². The van der Waals surface area contributed by atoms with Gasteiger partial charge in [0.25, 0.3) is 5.56 Å². The Morgan fingerprint density at radius 1 is 1.30 bits per heavy atom. The summed E-state index contributed by atoms with van der Waals surface area (Å²) in [6, 6.07) is 7.82. The number of imidazole rings is 1. The number of rotatable bonds is 4. The first kappa shape index (κ1) is 14.1. The van der Waals surface area contributed by atoms with Crippen molar-refractivity contribution in [3.05, 3.63) is 63.9 Å². The van der Waals surface area contributed by atoms with Gasteiger partial charge in [-0.05, 0) is 30.6 Å². The summed E-state index contributed by atoms with van der Waals surface area (Å²) < 4.78 is 2.74. The third kappa shape index (κ3) is 2.64. The predicted molar refractivity (Wildman–Crippen MR) is 90.6 cm³/mol. The van der Waals surface area contributed by atoms with E-state index in [2.05, 4.69) is 24.3 Å². The Kier molecular flexibility index (Phi) is 3.44. The zero-order valence-corrected chi connectivity index (χ0v) is 13.4. The summed E-state index contributed by atoms with van der Waals surface area (Å²) in [6.07, 6.45) is 3.88. The van der Waals surface area contributed by atoms with Gasteiger partial charge >= 0.3 is 0 Å². The quantitative estimate of drug-likeness (QED) is 0.625. The third-order valence-electron chi connectivity index (χ3n) is 3.71. The molecule has 0 spiro atoms. The van der Waals surface area contributed by atoms with Crippen molar-refractivity contribution in [1.82, 2.24) is 24.3 Å². The predicted octanol–water partition coefficient (Wildman–Crippen LogP) is 2.26. The Balaban J connectivity index is 1.57. The summed E-state index contributed by atoms with van der Waals surface area (Å²) in [5.41, 5.74) is 2.73. The smallest absolute Gasteiger partial charge is 0.268 e. The van der Waals surface area contributed by atoms with Crippen LogP contribution in [-0.2, 0) is 13.1 Å². The van der Waals surface area contributed by atoms with Crippen molar-refractivity contribution in [2.75, 3.05) is 7.05 Å². The van der Waals surface area contributed by atoms with Gasteiger partial charge in [0.2, 0.25) is 0 Å². The van der Waals surface area contributed by atoms with Crippen molar-refractivity contribution in [3.8, 4) is 0 Å². The number of aromatic amines is 1. The van der Waals surface area contributed by atoms with Crippen LogP contribution in [0.5, 0.6) is 0 Å². The highest BCUT2D eigenvalue weighted by Gasteiger charge is 2.10. The van der Waals surface area contributed by atoms with Gasteiger partial charge in [-0.2, -0.15) is 0 Å². The van der Waals surface area contributed by atoms with Gasteiger partial charge in [0, 0.05) is 12.7 Å². The number of thiophene rings is 1. The summed E-state index contributed by atoms with van der Waals surface area (Å²) in [6.45, 7) is 1.29. The van der Waals surface area contributed by atoms with E-state index in [0.717, 1.165) is 23.4 Å². The molecule has 0 bridgehead atoms. The van der Waals surface area contributed by atoms with Crippen LogP contribution in [0.15, 0.2) is 46.8 Å². The van der Waals surface area contributed by atoms with Crippen LogP contribution in [0.4, 0.5) is 0 Å². The molecule has 0 aliphatic heterocycles. The molecule has 23 heavy (non-hydrogen) atoms. The summed E-state index contributed by atoms with van der Waals surface area (Å²) in [7, 11) is 2.00. The maximum atomic E-state index is 12.0. The maximum absolute atomic E-state index is 12.0. The van der Waals surface area contributed by atoms with E-state index in [4.69, 9.17) is 0 Å². The van der Waals surface area contributed by atoms with Crippen LogP contribution in [0.25, 0.3) is 15.9 Å². The van der Waals surface area contributed by atoms with Crippen molar-refractivity contribution in [2.24, 2.45) is 0 Å². The number of hydrogen-bond acceptors (Lipinski definition) is 5. The minimum absolute atomic E-state index is 0.0665. The lowest BCUT2D eigenvalue weighted by Crippen LogP contribution is -2.22. The number of H-pyrrole nitrogens is 1. The third-order valence-corrected chi connectivity index (χ3v) is 4.61. The molecule has 0 saturated carbocycles. The molecule has 0 fully saturated rings. The van der Waals surface area contributed by atoms with Crippen molar-refractivity contribution in [1.29, 1.82) is 0 Å². The first-order chi connectivity index (χ1) is 11.2. The second-order valence-corrected chi connectivity index (χ2v) is 6.41. The van der Waals surface area contributed by atoms with Gasteiger partial charge in [0.1, 0.15) is 16.2 Å². The highest BCUT2D eigenvalue weighted by Crippen LogP contribution is 2.14. The standard InChI is InChI=1S/C16H15N5OS/c1-20(9-11-8-17-14-4-2-3-6-21(11)14)10-13-18-12-5-7-23-15(12)16(22)19-13/h2-8H,9-10H2,1H3,(H,18,19,22). The van der Waals surface area contributed by atoms with Crippen molar-refractivity contribution < 1.29 is 0 Å². The van der Waals surface area contributed by atoms with Gasteiger partial charge < -0.3 is 9.38 Å². The molecule has 7 heteroatoms. The monoisotopic (exact) mass is 325 g/mol. The summed E-state index contributed by atoms with van der Waals surface area (Å²) >= 11 is 1.42. The molecule has 0 amide bonds. The van der Waals surface area contributed by atoms with Crippen LogP contribution >= 0.6 is 11.3 Å². The Bertz CT molecular complexity index is 1030. The van der Waals surface area contributed by atoms with Crippen molar-refractivity contribution in [2.45, 2.75) is 13.1 Å². The number of nitrogens with one attached hydrogen (secondary N) is 1. The summed E-state index contributed by atoms with van der Waals surface area (Å²) in [4.78, 5) is 25.9. The average molecular weight is 325 g/mol. The largest absolute Gasteiger partial charge is 0.308 e. The van der Waals surface area contributed by atoms with E-state index in [-0.39, 0.29) is 5.56 Å². The van der Waals surface area contributed by atoms with E-state index in [1.807, 2.05) is 49.1 Å².